The highest BCUT2D eigenvalue weighted by Gasteiger charge is 2.13. The summed E-state index contributed by atoms with van der Waals surface area (Å²) in [7, 11) is -3.53. The van der Waals surface area contributed by atoms with Crippen LogP contribution in [-0.2, 0) is 16.6 Å². The van der Waals surface area contributed by atoms with Crippen LogP contribution < -0.4 is 9.46 Å². The summed E-state index contributed by atoms with van der Waals surface area (Å²) in [5, 5.41) is 0. The minimum Gasteiger partial charge on any atom is -0.494 e. The maximum absolute atomic E-state index is 12.2. The van der Waals surface area contributed by atoms with Crippen LogP contribution in [0.1, 0.15) is 18.9 Å². The molecule has 0 fully saturated rings. The van der Waals surface area contributed by atoms with E-state index in [1.54, 1.807) is 30.6 Å². The van der Waals surface area contributed by atoms with Crippen molar-refractivity contribution in [3.63, 3.8) is 0 Å². The lowest BCUT2D eigenvalue weighted by atomic mass is 10.3. The van der Waals surface area contributed by atoms with Crippen molar-refractivity contribution < 1.29 is 13.2 Å². The molecule has 0 saturated heterocycles. The molecule has 112 valence electrons. The number of benzene rings is 1. The van der Waals surface area contributed by atoms with E-state index in [2.05, 4.69) is 9.71 Å². The highest BCUT2D eigenvalue weighted by atomic mass is 32.2. The summed E-state index contributed by atoms with van der Waals surface area (Å²) in [5.74, 6) is 0.669. The normalized spacial score (nSPS) is 11.3. The fourth-order valence-corrected chi connectivity index (χ4v) is 2.72. The van der Waals surface area contributed by atoms with Crippen LogP contribution in [0.5, 0.6) is 5.75 Å². The number of sulfonamides is 1. The molecule has 0 bridgehead atoms. The Balaban J connectivity index is 2.02. The second kappa shape index (κ2) is 7.19. The predicted octanol–water partition coefficient (Wildman–Crippen LogP) is 2.35. The van der Waals surface area contributed by atoms with Crippen LogP contribution in [0.25, 0.3) is 0 Å². The summed E-state index contributed by atoms with van der Waals surface area (Å²) in [6.07, 6.45) is 4.18. The lowest BCUT2D eigenvalue weighted by molar-refractivity contribution is 0.317. The maximum Gasteiger partial charge on any atom is 0.240 e. The van der Waals surface area contributed by atoms with Crippen LogP contribution in [-0.4, -0.2) is 20.0 Å². The van der Waals surface area contributed by atoms with Gasteiger partial charge in [0.15, 0.2) is 0 Å². The summed E-state index contributed by atoms with van der Waals surface area (Å²) >= 11 is 0. The Morgan fingerprint density at radius 3 is 2.57 bits per heavy atom. The van der Waals surface area contributed by atoms with Crippen LogP contribution in [0.15, 0.2) is 53.7 Å². The van der Waals surface area contributed by atoms with Gasteiger partial charge in [-0.1, -0.05) is 13.0 Å². The van der Waals surface area contributed by atoms with E-state index in [4.69, 9.17) is 4.74 Å². The van der Waals surface area contributed by atoms with E-state index >= 15 is 0 Å². The number of pyridine rings is 1. The summed E-state index contributed by atoms with van der Waals surface area (Å²) in [5.41, 5.74) is 0.809. The molecule has 5 nitrogen and oxygen atoms in total. The molecule has 0 aliphatic carbocycles. The molecule has 6 heteroatoms. The van der Waals surface area contributed by atoms with Gasteiger partial charge in [0.05, 0.1) is 11.5 Å². The average molecular weight is 306 g/mol. The number of nitrogens with one attached hydrogen (secondary N) is 1. The second-order valence-electron chi connectivity index (χ2n) is 4.51. The minimum atomic E-state index is -3.53. The smallest absolute Gasteiger partial charge is 0.240 e. The lowest BCUT2D eigenvalue weighted by Crippen LogP contribution is -2.23. The molecule has 1 aromatic heterocycles. The van der Waals surface area contributed by atoms with E-state index in [1.807, 2.05) is 13.0 Å². The molecule has 0 saturated carbocycles. The van der Waals surface area contributed by atoms with Crippen molar-refractivity contribution in [3.05, 3.63) is 54.4 Å². The number of rotatable bonds is 7. The van der Waals surface area contributed by atoms with Gasteiger partial charge in [0.25, 0.3) is 0 Å². The van der Waals surface area contributed by atoms with Crippen molar-refractivity contribution in [1.29, 1.82) is 0 Å². The molecule has 0 aliphatic heterocycles. The largest absolute Gasteiger partial charge is 0.494 e. The summed E-state index contributed by atoms with van der Waals surface area (Å²) in [6.45, 7) is 2.84. The Bertz CT molecular complexity index is 655. The fourth-order valence-electron chi connectivity index (χ4n) is 1.70. The molecule has 0 atom stereocenters. The average Bonchev–Trinajstić information content (AvgIpc) is 2.52. The highest BCUT2D eigenvalue weighted by molar-refractivity contribution is 7.89. The number of hydrogen-bond acceptors (Lipinski definition) is 4. The Labute approximate surface area is 125 Å². The molecule has 2 rings (SSSR count). The van der Waals surface area contributed by atoms with Crippen molar-refractivity contribution in [2.75, 3.05) is 6.61 Å². The third-order valence-corrected chi connectivity index (χ3v) is 4.21. The number of ether oxygens (including phenoxy) is 1. The molecule has 0 aliphatic rings. The fraction of sp³-hybridized carbons (Fsp3) is 0.267. The minimum absolute atomic E-state index is 0.213. The molecular weight excluding hydrogens is 288 g/mol. The Hall–Kier alpha value is -1.92. The van der Waals surface area contributed by atoms with Gasteiger partial charge in [-0.2, -0.15) is 0 Å². The predicted molar refractivity (Wildman–Crippen MR) is 80.5 cm³/mol. The van der Waals surface area contributed by atoms with Crippen LogP contribution in [0.2, 0.25) is 0 Å². The zero-order chi connectivity index (χ0) is 15.1. The first-order valence-electron chi connectivity index (χ1n) is 6.73. The molecule has 2 aromatic rings. The quantitative estimate of drug-likeness (QED) is 0.852. The monoisotopic (exact) mass is 306 g/mol. The molecule has 0 spiro atoms. The first kappa shape index (κ1) is 15.5. The second-order valence-corrected chi connectivity index (χ2v) is 6.27. The van der Waals surface area contributed by atoms with E-state index in [1.165, 1.54) is 12.1 Å². The van der Waals surface area contributed by atoms with E-state index in [0.717, 1.165) is 12.0 Å². The van der Waals surface area contributed by atoms with Gasteiger partial charge < -0.3 is 4.74 Å². The van der Waals surface area contributed by atoms with Crippen molar-refractivity contribution >= 4 is 10.0 Å². The van der Waals surface area contributed by atoms with Crippen molar-refractivity contribution in [2.24, 2.45) is 0 Å². The van der Waals surface area contributed by atoms with Crippen LogP contribution in [0.4, 0.5) is 0 Å². The van der Waals surface area contributed by atoms with Gasteiger partial charge >= 0.3 is 0 Å². The van der Waals surface area contributed by atoms with Crippen molar-refractivity contribution in [1.82, 2.24) is 9.71 Å². The first-order chi connectivity index (χ1) is 10.1. The molecule has 1 heterocycles. The number of aromatic nitrogens is 1. The van der Waals surface area contributed by atoms with Gasteiger partial charge in [0, 0.05) is 18.9 Å². The van der Waals surface area contributed by atoms with Crippen LogP contribution in [0, 0.1) is 0 Å². The maximum atomic E-state index is 12.2. The first-order valence-corrected chi connectivity index (χ1v) is 8.21. The zero-order valence-electron chi connectivity index (χ0n) is 11.8. The molecule has 1 N–H and O–H groups in total. The third-order valence-electron chi connectivity index (χ3n) is 2.80. The van der Waals surface area contributed by atoms with E-state index in [0.29, 0.717) is 12.4 Å². The lowest BCUT2D eigenvalue weighted by Gasteiger charge is -2.08. The zero-order valence-corrected chi connectivity index (χ0v) is 12.6. The van der Waals surface area contributed by atoms with Gasteiger partial charge in [-0.3, -0.25) is 4.98 Å². The van der Waals surface area contributed by atoms with Crippen molar-refractivity contribution in [2.45, 2.75) is 24.8 Å². The third kappa shape index (κ3) is 4.54. The van der Waals surface area contributed by atoms with Gasteiger partial charge in [0.1, 0.15) is 5.75 Å². The van der Waals surface area contributed by atoms with Crippen LogP contribution in [0.3, 0.4) is 0 Å². The Morgan fingerprint density at radius 1 is 1.19 bits per heavy atom. The van der Waals surface area contributed by atoms with Crippen LogP contribution >= 0.6 is 0 Å². The highest BCUT2D eigenvalue weighted by Crippen LogP contribution is 2.16. The van der Waals surface area contributed by atoms with E-state index in [-0.39, 0.29) is 11.4 Å². The summed E-state index contributed by atoms with van der Waals surface area (Å²) in [4.78, 5) is 4.16. The number of nitrogens with zero attached hydrogens (tertiary/aromatic N) is 1. The molecule has 1 aromatic carbocycles. The number of hydrogen-bond donors (Lipinski definition) is 1. The molecule has 0 amide bonds. The van der Waals surface area contributed by atoms with E-state index in [9.17, 15) is 8.42 Å². The van der Waals surface area contributed by atoms with Gasteiger partial charge in [-0.15, -0.1) is 0 Å². The topological polar surface area (TPSA) is 68.3 Å². The van der Waals surface area contributed by atoms with Gasteiger partial charge in [0.2, 0.25) is 10.0 Å². The molecular formula is C15H18N2O3S. The van der Waals surface area contributed by atoms with E-state index < -0.39 is 10.0 Å². The molecule has 0 radical (unpaired) electrons. The standard InChI is InChI=1S/C15H18N2O3S/c1-2-10-20-14-5-7-15(8-6-14)21(18,19)17-12-13-4-3-9-16-11-13/h3-9,11,17H,2,10,12H2,1H3. The molecule has 0 unspecified atom stereocenters. The Kier molecular flexibility index (Phi) is 5.30. The van der Waals surface area contributed by atoms with Crippen molar-refractivity contribution in [3.8, 4) is 5.75 Å². The molecule has 21 heavy (non-hydrogen) atoms. The van der Waals surface area contributed by atoms with Gasteiger partial charge in [-0.05, 0) is 42.3 Å². The van der Waals surface area contributed by atoms with Gasteiger partial charge in [-0.25, -0.2) is 13.1 Å². The summed E-state index contributed by atoms with van der Waals surface area (Å²) < 4.78 is 32.3. The SMILES string of the molecule is CCCOc1ccc(S(=O)(=O)NCc2cccnc2)cc1. The Morgan fingerprint density at radius 2 is 1.95 bits per heavy atom. The summed E-state index contributed by atoms with van der Waals surface area (Å²) in [6, 6.07) is 9.98.